The van der Waals surface area contributed by atoms with Crippen molar-refractivity contribution in [3.8, 4) is 10.6 Å². The number of hydrogen-bond donors (Lipinski definition) is 0. The molecule has 1 aliphatic rings. The second-order valence-electron chi connectivity index (χ2n) is 5.43. The van der Waals surface area contributed by atoms with E-state index >= 15 is 0 Å². The second kappa shape index (κ2) is 7.67. The normalized spacial score (nSPS) is 18.8. The van der Waals surface area contributed by atoms with Crippen LogP contribution >= 0.6 is 33.9 Å². The monoisotopic (exact) mass is 469 g/mol. The Hall–Kier alpha value is -0.710. The summed E-state index contributed by atoms with van der Waals surface area (Å²) < 4.78 is 50.7. The van der Waals surface area contributed by atoms with E-state index in [0.717, 1.165) is 40.0 Å². The lowest BCUT2D eigenvalue weighted by Crippen LogP contribution is -2.22. The molecule has 3 rings (SSSR count). The summed E-state index contributed by atoms with van der Waals surface area (Å²) in [6, 6.07) is 5.23. The van der Waals surface area contributed by atoms with Crippen LogP contribution in [0.1, 0.15) is 30.5 Å². The van der Waals surface area contributed by atoms with Gasteiger partial charge in [-0.3, -0.25) is 0 Å². The smallest absolute Gasteiger partial charge is 0.353 e. The highest BCUT2D eigenvalue weighted by Gasteiger charge is 2.30. The fourth-order valence-electron chi connectivity index (χ4n) is 2.39. The van der Waals surface area contributed by atoms with Crippen molar-refractivity contribution in [1.82, 2.24) is 4.98 Å². The zero-order valence-electron chi connectivity index (χ0n) is 12.6. The van der Waals surface area contributed by atoms with E-state index in [1.807, 2.05) is 0 Å². The molecule has 0 aliphatic carbocycles. The Kier molecular flexibility index (Phi) is 5.78. The fourth-order valence-corrected chi connectivity index (χ4v) is 4.08. The number of benzene rings is 1. The van der Waals surface area contributed by atoms with Crippen LogP contribution < -0.4 is 0 Å². The van der Waals surface area contributed by atoms with Gasteiger partial charge in [0.05, 0.1) is 20.7 Å². The molecule has 0 bridgehead atoms. The number of ether oxygens (including phenoxy) is 2. The molecule has 0 radical (unpaired) electrons. The first-order chi connectivity index (χ1) is 11.4. The van der Waals surface area contributed by atoms with E-state index in [2.05, 4.69) is 27.6 Å². The van der Waals surface area contributed by atoms with E-state index < -0.39 is 11.7 Å². The van der Waals surface area contributed by atoms with Gasteiger partial charge in [0, 0.05) is 12.2 Å². The summed E-state index contributed by atoms with van der Waals surface area (Å²) in [5.74, 6) is 0. The molecule has 0 saturated carbocycles. The Bertz CT molecular complexity index is 699. The maximum Gasteiger partial charge on any atom is 0.416 e. The van der Waals surface area contributed by atoms with Gasteiger partial charge in [-0.2, -0.15) is 13.2 Å². The van der Waals surface area contributed by atoms with Crippen molar-refractivity contribution in [3.63, 3.8) is 0 Å². The van der Waals surface area contributed by atoms with Crippen molar-refractivity contribution in [2.75, 3.05) is 6.61 Å². The first kappa shape index (κ1) is 18.1. The largest absolute Gasteiger partial charge is 0.416 e. The SMILES string of the molecule is FC(F)(F)c1cccc(-c2nc(COC3CCCCO3)c(I)s2)c1. The van der Waals surface area contributed by atoms with Crippen LogP contribution in [-0.2, 0) is 22.3 Å². The van der Waals surface area contributed by atoms with E-state index in [0.29, 0.717) is 23.8 Å². The molecular weight excluding hydrogens is 454 g/mol. The minimum absolute atomic E-state index is 0.215. The highest BCUT2D eigenvalue weighted by atomic mass is 127. The average molecular weight is 469 g/mol. The molecule has 1 atom stereocenters. The van der Waals surface area contributed by atoms with E-state index in [1.54, 1.807) is 6.07 Å². The lowest BCUT2D eigenvalue weighted by atomic mass is 10.1. The van der Waals surface area contributed by atoms with Gasteiger partial charge in [0.25, 0.3) is 0 Å². The molecule has 1 aromatic heterocycles. The average Bonchev–Trinajstić information content (AvgIpc) is 2.94. The van der Waals surface area contributed by atoms with Gasteiger partial charge >= 0.3 is 6.18 Å². The van der Waals surface area contributed by atoms with Crippen LogP contribution in [0.2, 0.25) is 0 Å². The molecule has 8 heteroatoms. The minimum Gasteiger partial charge on any atom is -0.353 e. The standard InChI is InChI=1S/C16H15F3INO2S/c17-16(18,19)11-5-3-4-10(8-11)15-21-12(14(20)24-15)9-23-13-6-1-2-7-22-13/h3-5,8,13H,1-2,6-7,9H2. The molecule has 3 nitrogen and oxygen atoms in total. The van der Waals surface area contributed by atoms with Crippen LogP contribution in [0.15, 0.2) is 24.3 Å². The molecule has 130 valence electrons. The molecule has 1 aromatic carbocycles. The molecule has 24 heavy (non-hydrogen) atoms. The van der Waals surface area contributed by atoms with E-state index in [-0.39, 0.29) is 6.29 Å². The second-order valence-corrected chi connectivity index (χ2v) is 8.23. The first-order valence-electron chi connectivity index (χ1n) is 7.49. The van der Waals surface area contributed by atoms with Crippen molar-refractivity contribution in [2.45, 2.75) is 38.3 Å². The van der Waals surface area contributed by atoms with Crippen molar-refractivity contribution >= 4 is 33.9 Å². The van der Waals surface area contributed by atoms with Gasteiger partial charge in [-0.1, -0.05) is 12.1 Å². The number of halogens is 4. The van der Waals surface area contributed by atoms with Gasteiger partial charge in [0.1, 0.15) is 5.01 Å². The maximum absolute atomic E-state index is 12.8. The van der Waals surface area contributed by atoms with Crippen molar-refractivity contribution in [3.05, 3.63) is 38.4 Å². The minimum atomic E-state index is -4.36. The van der Waals surface area contributed by atoms with Crippen LogP contribution in [0.4, 0.5) is 13.2 Å². The Labute approximate surface area is 155 Å². The van der Waals surface area contributed by atoms with Crippen LogP contribution in [0.3, 0.4) is 0 Å². The van der Waals surface area contributed by atoms with Crippen LogP contribution in [0.5, 0.6) is 0 Å². The predicted octanol–water partition coefficient (Wildman–Crippen LogP) is 5.48. The van der Waals surface area contributed by atoms with Crippen LogP contribution in [0, 0.1) is 2.88 Å². The van der Waals surface area contributed by atoms with Gasteiger partial charge in [-0.25, -0.2) is 4.98 Å². The van der Waals surface area contributed by atoms with Crippen LogP contribution in [0.25, 0.3) is 10.6 Å². The summed E-state index contributed by atoms with van der Waals surface area (Å²) >= 11 is 3.50. The molecule has 0 spiro atoms. The summed E-state index contributed by atoms with van der Waals surface area (Å²) in [4.78, 5) is 4.45. The molecule has 1 fully saturated rings. The number of aromatic nitrogens is 1. The van der Waals surface area contributed by atoms with E-state index in [1.165, 1.54) is 17.4 Å². The number of thiazole rings is 1. The van der Waals surface area contributed by atoms with Gasteiger partial charge < -0.3 is 9.47 Å². The zero-order valence-corrected chi connectivity index (χ0v) is 15.6. The summed E-state index contributed by atoms with van der Waals surface area (Å²) in [5.41, 5.74) is 0.536. The van der Waals surface area contributed by atoms with Gasteiger partial charge in [-0.05, 0) is 54.0 Å². The number of hydrogen-bond acceptors (Lipinski definition) is 4. The van der Waals surface area contributed by atoms with Crippen molar-refractivity contribution in [1.29, 1.82) is 0 Å². The Morgan fingerprint density at radius 2 is 2.17 bits per heavy atom. The summed E-state index contributed by atoms with van der Waals surface area (Å²) in [6.07, 6.45) is -1.58. The summed E-state index contributed by atoms with van der Waals surface area (Å²) in [7, 11) is 0. The molecule has 1 unspecified atom stereocenters. The third kappa shape index (κ3) is 4.47. The molecule has 2 heterocycles. The van der Waals surface area contributed by atoms with Gasteiger partial charge in [0.2, 0.25) is 0 Å². The van der Waals surface area contributed by atoms with Gasteiger partial charge in [-0.15, -0.1) is 11.3 Å². The number of rotatable bonds is 4. The third-order valence-corrected chi connectivity index (χ3v) is 5.85. The summed E-state index contributed by atoms with van der Waals surface area (Å²) in [6.45, 7) is 1.01. The first-order valence-corrected chi connectivity index (χ1v) is 9.39. The van der Waals surface area contributed by atoms with Crippen LogP contribution in [-0.4, -0.2) is 17.9 Å². The highest BCUT2D eigenvalue weighted by Crippen LogP contribution is 2.35. The Balaban J connectivity index is 1.73. The van der Waals surface area contributed by atoms with Crippen molar-refractivity contribution in [2.24, 2.45) is 0 Å². The molecule has 1 aliphatic heterocycles. The Morgan fingerprint density at radius 3 is 2.88 bits per heavy atom. The van der Waals surface area contributed by atoms with Crippen molar-refractivity contribution < 1.29 is 22.6 Å². The maximum atomic E-state index is 12.8. The molecule has 2 aromatic rings. The predicted molar refractivity (Wildman–Crippen MR) is 93.6 cm³/mol. The number of alkyl halides is 3. The third-order valence-electron chi connectivity index (χ3n) is 3.63. The van der Waals surface area contributed by atoms with E-state index in [4.69, 9.17) is 9.47 Å². The lowest BCUT2D eigenvalue weighted by Gasteiger charge is -2.22. The lowest BCUT2D eigenvalue weighted by molar-refractivity contribution is -0.169. The van der Waals surface area contributed by atoms with E-state index in [9.17, 15) is 13.2 Å². The molecule has 0 N–H and O–H groups in total. The zero-order chi connectivity index (χ0) is 17.2. The quantitative estimate of drug-likeness (QED) is 0.557. The highest BCUT2D eigenvalue weighted by molar-refractivity contribution is 14.1. The summed E-state index contributed by atoms with van der Waals surface area (Å²) in [5, 5.41) is 0.564. The molecule has 0 amide bonds. The Morgan fingerprint density at radius 1 is 1.33 bits per heavy atom. The number of nitrogens with zero attached hydrogens (tertiary/aromatic N) is 1. The van der Waals surface area contributed by atoms with Gasteiger partial charge in [0.15, 0.2) is 6.29 Å². The molecule has 1 saturated heterocycles. The fraction of sp³-hybridized carbons (Fsp3) is 0.438. The topological polar surface area (TPSA) is 31.4 Å². The molecular formula is C16H15F3INO2S.